The topological polar surface area (TPSA) is 83.0 Å². The van der Waals surface area contributed by atoms with E-state index in [1.165, 1.54) is 26.1 Å². The first-order valence-corrected chi connectivity index (χ1v) is 11.8. The number of aromatic nitrogens is 2. The zero-order valence-corrected chi connectivity index (χ0v) is 21.0. The van der Waals surface area contributed by atoms with Crippen molar-refractivity contribution in [2.75, 3.05) is 45.3 Å². The number of halogens is 1. The van der Waals surface area contributed by atoms with Gasteiger partial charge in [0.2, 0.25) is 0 Å². The number of dihydropyridines is 1. The van der Waals surface area contributed by atoms with Crippen molar-refractivity contribution in [3.8, 4) is 0 Å². The van der Waals surface area contributed by atoms with Gasteiger partial charge in [-0.15, -0.1) is 0 Å². The SMILES string of the molecule is CC1N=CC(NC(=O)c2ccnc(C(C)(C)F)c2)(N2CCOCC2)C=C1c1ccc(N(C)C)nc1. The second-order valence-electron chi connectivity index (χ2n) is 9.63. The minimum absolute atomic E-state index is 0.104. The van der Waals surface area contributed by atoms with Crippen LogP contribution in [0.2, 0.25) is 0 Å². The quantitative estimate of drug-likeness (QED) is 0.684. The zero-order valence-electron chi connectivity index (χ0n) is 21.0. The Morgan fingerprint density at radius 2 is 1.97 bits per heavy atom. The Balaban J connectivity index is 1.72. The number of rotatable bonds is 6. The van der Waals surface area contributed by atoms with Crippen molar-refractivity contribution in [2.24, 2.45) is 4.99 Å². The molecule has 8 nitrogen and oxygen atoms in total. The molecule has 2 unspecified atom stereocenters. The first-order valence-electron chi connectivity index (χ1n) is 11.8. The van der Waals surface area contributed by atoms with E-state index in [2.05, 4.69) is 26.3 Å². The lowest BCUT2D eigenvalue weighted by Gasteiger charge is -2.44. The van der Waals surface area contributed by atoms with Gasteiger partial charge in [-0.1, -0.05) is 0 Å². The lowest BCUT2D eigenvalue weighted by molar-refractivity contribution is 0.00580. The third-order valence-electron chi connectivity index (χ3n) is 6.34. The monoisotopic (exact) mass is 480 g/mol. The number of alkyl halides is 1. The number of hydrogen-bond donors (Lipinski definition) is 1. The molecule has 0 spiro atoms. The van der Waals surface area contributed by atoms with Gasteiger partial charge in [0.05, 0.1) is 24.9 Å². The van der Waals surface area contributed by atoms with Gasteiger partial charge in [0.25, 0.3) is 5.91 Å². The number of ether oxygens (including phenoxy) is 1. The summed E-state index contributed by atoms with van der Waals surface area (Å²) < 4.78 is 20.1. The highest BCUT2D eigenvalue weighted by Crippen LogP contribution is 2.31. The second-order valence-corrected chi connectivity index (χ2v) is 9.63. The van der Waals surface area contributed by atoms with E-state index in [1.54, 1.807) is 12.3 Å². The van der Waals surface area contributed by atoms with Crippen molar-refractivity contribution in [3.05, 3.63) is 59.6 Å². The summed E-state index contributed by atoms with van der Waals surface area (Å²) in [4.78, 5) is 31.0. The Bertz CT molecular complexity index is 1120. The molecule has 0 bridgehead atoms. The van der Waals surface area contributed by atoms with Gasteiger partial charge in [-0.2, -0.15) is 0 Å². The normalized spacial score (nSPS) is 23.0. The lowest BCUT2D eigenvalue weighted by Crippen LogP contribution is -2.64. The van der Waals surface area contributed by atoms with Crippen LogP contribution in [0.4, 0.5) is 10.2 Å². The molecule has 2 aromatic rings. The van der Waals surface area contributed by atoms with Crippen LogP contribution >= 0.6 is 0 Å². The van der Waals surface area contributed by atoms with Gasteiger partial charge in [0, 0.05) is 51.4 Å². The van der Waals surface area contributed by atoms with Crippen molar-refractivity contribution in [3.63, 3.8) is 0 Å². The first kappa shape index (κ1) is 24.9. The summed E-state index contributed by atoms with van der Waals surface area (Å²) in [7, 11) is 3.89. The maximum absolute atomic E-state index is 14.5. The summed E-state index contributed by atoms with van der Waals surface area (Å²) in [5.74, 6) is 0.528. The Kier molecular flexibility index (Phi) is 7.00. The van der Waals surface area contributed by atoms with Crippen LogP contribution < -0.4 is 10.2 Å². The van der Waals surface area contributed by atoms with Crippen molar-refractivity contribution >= 4 is 23.5 Å². The maximum Gasteiger partial charge on any atom is 0.253 e. The van der Waals surface area contributed by atoms with Crippen LogP contribution in [0.5, 0.6) is 0 Å². The molecule has 2 aliphatic heterocycles. The van der Waals surface area contributed by atoms with E-state index in [0.717, 1.165) is 17.0 Å². The fourth-order valence-electron chi connectivity index (χ4n) is 4.25. The van der Waals surface area contributed by atoms with E-state index < -0.39 is 11.3 Å². The molecular weight excluding hydrogens is 447 g/mol. The molecule has 35 heavy (non-hydrogen) atoms. The van der Waals surface area contributed by atoms with Gasteiger partial charge < -0.3 is 15.0 Å². The molecule has 4 heterocycles. The van der Waals surface area contributed by atoms with E-state index in [9.17, 15) is 9.18 Å². The summed E-state index contributed by atoms with van der Waals surface area (Å²) in [5.41, 5.74) is -0.155. The van der Waals surface area contributed by atoms with E-state index in [4.69, 9.17) is 9.73 Å². The molecule has 1 fully saturated rings. The molecule has 0 radical (unpaired) electrons. The molecule has 2 aliphatic rings. The molecule has 0 saturated carbocycles. The summed E-state index contributed by atoms with van der Waals surface area (Å²) >= 11 is 0. The van der Waals surface area contributed by atoms with Crippen molar-refractivity contribution in [1.29, 1.82) is 0 Å². The van der Waals surface area contributed by atoms with Crippen molar-refractivity contribution in [1.82, 2.24) is 20.2 Å². The Hall–Kier alpha value is -3.17. The summed E-state index contributed by atoms with van der Waals surface area (Å²) in [5, 5.41) is 3.17. The smallest absolute Gasteiger partial charge is 0.253 e. The van der Waals surface area contributed by atoms with Crippen LogP contribution in [-0.2, 0) is 10.4 Å². The number of carbonyl (C=O) groups is 1. The highest BCUT2D eigenvalue weighted by atomic mass is 19.1. The van der Waals surface area contributed by atoms with Crippen LogP contribution in [-0.4, -0.2) is 79.1 Å². The number of nitrogens with one attached hydrogen (secondary N) is 1. The third-order valence-corrected chi connectivity index (χ3v) is 6.34. The van der Waals surface area contributed by atoms with E-state index in [-0.39, 0.29) is 17.6 Å². The Morgan fingerprint density at radius 3 is 2.60 bits per heavy atom. The molecule has 1 saturated heterocycles. The predicted molar refractivity (Wildman–Crippen MR) is 135 cm³/mol. The van der Waals surface area contributed by atoms with E-state index in [0.29, 0.717) is 31.9 Å². The summed E-state index contributed by atoms with van der Waals surface area (Å²) in [6, 6.07) is 6.98. The number of pyridine rings is 2. The van der Waals surface area contributed by atoms with E-state index in [1.807, 2.05) is 44.2 Å². The van der Waals surface area contributed by atoms with Gasteiger partial charge >= 0.3 is 0 Å². The van der Waals surface area contributed by atoms with Crippen LogP contribution in [0.1, 0.15) is 42.4 Å². The molecule has 9 heteroatoms. The molecule has 1 amide bonds. The largest absolute Gasteiger partial charge is 0.379 e. The van der Waals surface area contributed by atoms with E-state index >= 15 is 0 Å². The van der Waals surface area contributed by atoms with Crippen LogP contribution in [0.25, 0.3) is 5.57 Å². The molecular formula is C26H33FN6O2. The Morgan fingerprint density at radius 1 is 1.23 bits per heavy atom. The summed E-state index contributed by atoms with van der Waals surface area (Å²) in [6.07, 6.45) is 7.15. The van der Waals surface area contributed by atoms with Crippen LogP contribution in [0, 0.1) is 0 Å². The van der Waals surface area contributed by atoms with Gasteiger partial charge in [-0.3, -0.25) is 19.7 Å². The van der Waals surface area contributed by atoms with Gasteiger partial charge in [-0.25, -0.2) is 9.37 Å². The zero-order chi connectivity index (χ0) is 25.2. The first-order chi connectivity index (χ1) is 16.6. The second kappa shape index (κ2) is 9.83. The van der Waals surface area contributed by atoms with Gasteiger partial charge in [-0.05, 0) is 62.2 Å². The minimum atomic E-state index is -1.65. The molecule has 1 N–H and O–H groups in total. The summed E-state index contributed by atoms with van der Waals surface area (Å²) in [6.45, 7) is 7.23. The number of hydrogen-bond acceptors (Lipinski definition) is 7. The molecule has 0 aromatic carbocycles. The fourth-order valence-corrected chi connectivity index (χ4v) is 4.25. The number of amides is 1. The number of morpholine rings is 1. The highest BCUT2D eigenvalue weighted by Gasteiger charge is 2.39. The Labute approximate surface area is 205 Å². The fraction of sp³-hybridized carbons (Fsp3) is 0.462. The molecule has 2 aromatic heterocycles. The molecule has 186 valence electrons. The van der Waals surface area contributed by atoms with Crippen LogP contribution in [0.3, 0.4) is 0 Å². The number of carbonyl (C=O) groups excluding carboxylic acids is 1. The maximum atomic E-state index is 14.5. The van der Waals surface area contributed by atoms with Crippen molar-refractivity contribution in [2.45, 2.75) is 38.1 Å². The minimum Gasteiger partial charge on any atom is -0.379 e. The lowest BCUT2D eigenvalue weighted by atomic mass is 9.92. The molecule has 4 rings (SSSR count). The van der Waals surface area contributed by atoms with Gasteiger partial charge in [0.1, 0.15) is 17.1 Å². The predicted octanol–water partition coefficient (Wildman–Crippen LogP) is 3.06. The third kappa shape index (κ3) is 5.41. The molecule has 2 atom stereocenters. The van der Waals surface area contributed by atoms with Crippen LogP contribution in [0.15, 0.2) is 47.7 Å². The molecule has 0 aliphatic carbocycles. The van der Waals surface area contributed by atoms with Crippen molar-refractivity contribution < 1.29 is 13.9 Å². The number of aliphatic imine (C=N–C) groups is 1. The highest BCUT2D eigenvalue weighted by molar-refractivity contribution is 5.98. The average Bonchev–Trinajstić information content (AvgIpc) is 2.85. The number of nitrogens with zero attached hydrogens (tertiary/aromatic N) is 5. The van der Waals surface area contributed by atoms with Gasteiger partial charge in [0.15, 0.2) is 0 Å². The standard InChI is InChI=1S/C26H33FN6O2/c1-18-21(20-6-7-23(29-16-20)32(4)5)15-26(17-30-18,33-10-12-35-13-11-33)31-24(34)19-8-9-28-22(14-19)25(2,3)27/h6-9,14-18H,10-13H2,1-5H3,(H,31,34). The number of anilines is 1. The average molecular weight is 481 g/mol.